The minimum absolute atomic E-state index is 0.0658. The van der Waals surface area contributed by atoms with E-state index in [0.717, 1.165) is 28.6 Å². The smallest absolute Gasteiger partial charge is 0.257 e. The maximum absolute atomic E-state index is 13.5. The Morgan fingerprint density at radius 2 is 1.82 bits per heavy atom. The van der Waals surface area contributed by atoms with Gasteiger partial charge in [0, 0.05) is 44.3 Å². The van der Waals surface area contributed by atoms with Crippen LogP contribution >= 0.6 is 0 Å². The van der Waals surface area contributed by atoms with E-state index in [9.17, 15) is 22.8 Å². The number of likely N-dealkylation sites (N-methyl/N-ethyl adjacent to an activating group) is 2. The van der Waals surface area contributed by atoms with E-state index in [4.69, 9.17) is 0 Å². The molecule has 2 amide bonds. The number of aromatic nitrogens is 2. The predicted octanol–water partition coefficient (Wildman–Crippen LogP) is 2.67. The summed E-state index contributed by atoms with van der Waals surface area (Å²) in [4.78, 5) is 27.8. The minimum atomic E-state index is -2.56. The Hall–Kier alpha value is -3.48. The van der Waals surface area contributed by atoms with Gasteiger partial charge in [-0.3, -0.25) is 24.6 Å². The van der Waals surface area contributed by atoms with E-state index in [-0.39, 0.29) is 30.7 Å². The summed E-state index contributed by atoms with van der Waals surface area (Å²) in [7, 11) is 1.65. The van der Waals surface area contributed by atoms with Crippen LogP contribution in [0, 0.1) is 12.7 Å². The first-order valence-corrected chi connectivity index (χ1v) is 12.9. The van der Waals surface area contributed by atoms with E-state index in [2.05, 4.69) is 15.7 Å². The highest BCUT2D eigenvalue weighted by Gasteiger charge is 2.26. The minimum Gasteiger partial charge on any atom is -0.315 e. The van der Waals surface area contributed by atoms with Crippen LogP contribution in [0.15, 0.2) is 36.5 Å². The molecule has 0 aliphatic carbocycles. The molecule has 0 saturated heterocycles. The second-order valence-corrected chi connectivity index (χ2v) is 9.57. The van der Waals surface area contributed by atoms with Crippen molar-refractivity contribution in [2.45, 2.75) is 39.9 Å². The standard InChI is InChI=1S/C27H34F3N7O2/c1-4-31-7-8-36(23-11-24-20(9-18(23)2)12-33-37(24)17-25(29)30)27(39)14-32-13-26(38)34(3)35-15-19-5-6-22(28)10-21(19)16-35/h5-6,9-12,25,31-32H,4,7-8,13-17H2,1-3H3. The van der Waals surface area contributed by atoms with E-state index < -0.39 is 13.0 Å². The highest BCUT2D eigenvalue weighted by atomic mass is 19.3. The van der Waals surface area contributed by atoms with E-state index in [0.29, 0.717) is 37.4 Å². The molecule has 4 rings (SSSR count). The quantitative estimate of drug-likeness (QED) is 0.341. The molecule has 0 bridgehead atoms. The van der Waals surface area contributed by atoms with Crippen molar-refractivity contribution < 1.29 is 22.8 Å². The number of halogens is 3. The van der Waals surface area contributed by atoms with Gasteiger partial charge in [0.2, 0.25) is 5.91 Å². The molecular weight excluding hydrogens is 511 g/mol. The zero-order valence-corrected chi connectivity index (χ0v) is 22.4. The van der Waals surface area contributed by atoms with Crippen molar-refractivity contribution in [1.82, 2.24) is 30.4 Å². The molecule has 1 aromatic heterocycles. The van der Waals surface area contributed by atoms with Gasteiger partial charge >= 0.3 is 0 Å². The number of nitrogens with zero attached hydrogens (tertiary/aromatic N) is 5. The van der Waals surface area contributed by atoms with Crippen LogP contribution in [0.2, 0.25) is 0 Å². The van der Waals surface area contributed by atoms with Crippen molar-refractivity contribution in [3.8, 4) is 0 Å². The van der Waals surface area contributed by atoms with Crippen LogP contribution in [-0.2, 0) is 29.2 Å². The van der Waals surface area contributed by atoms with Gasteiger partial charge in [-0.15, -0.1) is 0 Å². The molecule has 0 atom stereocenters. The second kappa shape index (κ2) is 12.6. The van der Waals surface area contributed by atoms with E-state index >= 15 is 0 Å². The Kier molecular flexibility index (Phi) is 9.20. The Labute approximate surface area is 225 Å². The lowest BCUT2D eigenvalue weighted by Gasteiger charge is -2.28. The molecule has 1 aliphatic heterocycles. The molecule has 39 heavy (non-hydrogen) atoms. The predicted molar refractivity (Wildman–Crippen MR) is 143 cm³/mol. The lowest BCUT2D eigenvalue weighted by Crippen LogP contribution is -2.47. The lowest BCUT2D eigenvalue weighted by atomic mass is 10.1. The number of hydrazine groups is 1. The lowest BCUT2D eigenvalue weighted by molar-refractivity contribution is -0.145. The zero-order valence-electron chi connectivity index (χ0n) is 22.4. The van der Waals surface area contributed by atoms with Gasteiger partial charge in [0.05, 0.1) is 24.8 Å². The van der Waals surface area contributed by atoms with Crippen molar-refractivity contribution in [2.24, 2.45) is 0 Å². The van der Waals surface area contributed by atoms with Crippen molar-refractivity contribution in [2.75, 3.05) is 44.7 Å². The largest absolute Gasteiger partial charge is 0.315 e. The van der Waals surface area contributed by atoms with E-state index in [1.54, 1.807) is 30.3 Å². The van der Waals surface area contributed by atoms with Crippen LogP contribution in [0.3, 0.4) is 0 Å². The first-order chi connectivity index (χ1) is 18.7. The van der Waals surface area contributed by atoms with Crippen molar-refractivity contribution in [3.05, 3.63) is 59.0 Å². The normalized spacial score (nSPS) is 13.3. The maximum atomic E-state index is 13.5. The van der Waals surface area contributed by atoms with Crippen LogP contribution in [0.25, 0.3) is 10.9 Å². The second-order valence-electron chi connectivity index (χ2n) is 9.57. The summed E-state index contributed by atoms with van der Waals surface area (Å²) >= 11 is 0. The summed E-state index contributed by atoms with van der Waals surface area (Å²) in [5.41, 5.74) is 3.75. The van der Waals surface area contributed by atoms with Gasteiger partial charge in [-0.1, -0.05) is 13.0 Å². The van der Waals surface area contributed by atoms with Crippen LogP contribution in [0.5, 0.6) is 0 Å². The van der Waals surface area contributed by atoms with Gasteiger partial charge in [0.15, 0.2) is 0 Å². The molecular formula is C27H34F3N7O2. The summed E-state index contributed by atoms with van der Waals surface area (Å²) in [5, 5.41) is 14.2. The fourth-order valence-corrected chi connectivity index (χ4v) is 4.74. The molecule has 12 heteroatoms. The topological polar surface area (TPSA) is 85.7 Å². The summed E-state index contributed by atoms with van der Waals surface area (Å²) in [6.07, 6.45) is -1.02. The number of amides is 2. The number of rotatable bonds is 12. The number of alkyl halides is 2. The molecule has 0 unspecified atom stereocenters. The molecule has 0 fully saturated rings. The summed E-state index contributed by atoms with van der Waals surface area (Å²) in [6.45, 7) is 5.68. The van der Waals surface area contributed by atoms with Crippen molar-refractivity contribution in [1.29, 1.82) is 0 Å². The molecule has 0 saturated carbocycles. The third-order valence-electron chi connectivity index (χ3n) is 6.84. The molecule has 0 spiro atoms. The number of nitrogens with one attached hydrogen (secondary N) is 2. The Morgan fingerprint density at radius 1 is 1.08 bits per heavy atom. The van der Waals surface area contributed by atoms with Crippen LogP contribution in [0.4, 0.5) is 18.9 Å². The van der Waals surface area contributed by atoms with Gasteiger partial charge in [0.1, 0.15) is 12.4 Å². The summed E-state index contributed by atoms with van der Waals surface area (Å²) in [6, 6.07) is 8.16. The average Bonchev–Trinajstić information content (AvgIpc) is 3.48. The van der Waals surface area contributed by atoms with Gasteiger partial charge in [-0.2, -0.15) is 5.10 Å². The van der Waals surface area contributed by atoms with Crippen LogP contribution in [0.1, 0.15) is 23.6 Å². The number of carbonyl (C=O) groups is 2. The zero-order chi connectivity index (χ0) is 28.1. The molecule has 2 aromatic carbocycles. The van der Waals surface area contributed by atoms with E-state index in [1.807, 2.05) is 24.9 Å². The Morgan fingerprint density at radius 3 is 2.56 bits per heavy atom. The number of anilines is 1. The molecule has 2 N–H and O–H groups in total. The number of carbonyl (C=O) groups excluding carboxylic acids is 2. The van der Waals surface area contributed by atoms with Crippen LogP contribution in [-0.4, -0.2) is 77.8 Å². The summed E-state index contributed by atoms with van der Waals surface area (Å²) < 4.78 is 40.9. The third kappa shape index (κ3) is 6.75. The Balaban J connectivity index is 1.41. The SMILES string of the molecule is CCNCCN(C(=O)CNCC(=O)N(C)N1Cc2ccc(F)cc2C1)c1cc2c(cnn2CC(F)F)cc1C. The molecule has 3 aromatic rings. The molecule has 2 heterocycles. The van der Waals surface area contributed by atoms with Gasteiger partial charge in [0.25, 0.3) is 12.3 Å². The number of benzene rings is 2. The Bertz CT molecular complexity index is 1330. The van der Waals surface area contributed by atoms with E-state index in [1.165, 1.54) is 21.8 Å². The maximum Gasteiger partial charge on any atom is 0.257 e. The fraction of sp³-hybridized carbons (Fsp3) is 0.444. The van der Waals surface area contributed by atoms with Crippen molar-refractivity contribution in [3.63, 3.8) is 0 Å². The molecule has 9 nitrogen and oxygen atoms in total. The number of hydrogen-bond acceptors (Lipinski definition) is 6. The monoisotopic (exact) mass is 545 g/mol. The van der Waals surface area contributed by atoms with Gasteiger partial charge < -0.3 is 10.2 Å². The fourth-order valence-electron chi connectivity index (χ4n) is 4.74. The van der Waals surface area contributed by atoms with Crippen LogP contribution < -0.4 is 15.5 Å². The highest BCUT2D eigenvalue weighted by molar-refractivity contribution is 5.98. The number of hydrogen-bond donors (Lipinski definition) is 2. The molecule has 0 radical (unpaired) electrons. The highest BCUT2D eigenvalue weighted by Crippen LogP contribution is 2.28. The molecule has 210 valence electrons. The summed E-state index contributed by atoms with van der Waals surface area (Å²) in [5.74, 6) is -0.796. The molecule has 1 aliphatic rings. The van der Waals surface area contributed by atoms with Crippen molar-refractivity contribution >= 4 is 28.4 Å². The van der Waals surface area contributed by atoms with Gasteiger partial charge in [-0.05, 0) is 54.4 Å². The average molecular weight is 546 g/mol. The first-order valence-electron chi connectivity index (χ1n) is 12.9. The number of fused-ring (bicyclic) bond motifs is 2. The first kappa shape index (κ1) is 28.5. The number of aryl methyl sites for hydroxylation is 1. The third-order valence-corrected chi connectivity index (χ3v) is 6.84. The van der Waals surface area contributed by atoms with Gasteiger partial charge in [-0.25, -0.2) is 18.2 Å².